The quantitative estimate of drug-likeness (QED) is 0.534. The summed E-state index contributed by atoms with van der Waals surface area (Å²) in [6.45, 7) is 2.97. The van der Waals surface area contributed by atoms with Crippen LogP contribution >= 0.6 is 0 Å². The minimum atomic E-state index is 0. The number of halogens is 1. The summed E-state index contributed by atoms with van der Waals surface area (Å²) in [6, 6.07) is 10.2. The number of hydrogen-bond acceptors (Lipinski definition) is 1. The minimum absolute atomic E-state index is 0. The fourth-order valence-corrected chi connectivity index (χ4v) is 1.22. The first-order valence-electron chi connectivity index (χ1n) is 4.39. The van der Waals surface area contributed by atoms with Crippen LogP contribution in [0.2, 0.25) is 0 Å². The number of hydrogen-bond donors (Lipinski definition) is 0. The highest BCUT2D eigenvalue weighted by Gasteiger charge is 2.04. The van der Waals surface area contributed by atoms with E-state index in [2.05, 4.69) is 24.2 Å². The van der Waals surface area contributed by atoms with Crippen LogP contribution in [0.25, 0.3) is 5.69 Å². The van der Waals surface area contributed by atoms with E-state index in [1.807, 2.05) is 40.1 Å². The van der Waals surface area contributed by atoms with Crippen LogP contribution in [0.15, 0.2) is 43.0 Å². The van der Waals surface area contributed by atoms with Crippen molar-refractivity contribution in [3.63, 3.8) is 0 Å². The smallest absolute Gasteiger partial charge is 0.270 e. The largest absolute Gasteiger partial charge is 1.00 e. The number of aromatic nitrogens is 3. The molecule has 0 aliphatic heterocycles. The molecule has 0 spiro atoms. The average molecular weight is 210 g/mol. The third kappa shape index (κ3) is 2.12. The number of nitrogens with zero attached hydrogens (tertiary/aromatic N) is 3. The molecule has 0 saturated carbocycles. The summed E-state index contributed by atoms with van der Waals surface area (Å²) in [7, 11) is 0. The van der Waals surface area contributed by atoms with Crippen molar-refractivity contribution in [3.8, 4) is 5.69 Å². The van der Waals surface area contributed by atoms with Crippen LogP contribution in [0.1, 0.15) is 6.92 Å². The van der Waals surface area contributed by atoms with Gasteiger partial charge in [-0.3, -0.25) is 0 Å². The lowest BCUT2D eigenvalue weighted by Gasteiger charge is -1.92. The molecular weight excluding hydrogens is 198 g/mol. The highest BCUT2D eigenvalue weighted by molar-refractivity contribution is 5.20. The van der Waals surface area contributed by atoms with Gasteiger partial charge in [-0.1, -0.05) is 18.2 Å². The molecule has 4 heteroatoms. The fraction of sp³-hybridized carbons (Fsp3) is 0.200. The number of para-hydroxylation sites is 1. The van der Waals surface area contributed by atoms with Crippen molar-refractivity contribution in [3.05, 3.63) is 43.0 Å². The van der Waals surface area contributed by atoms with E-state index in [0.717, 1.165) is 12.2 Å². The summed E-state index contributed by atoms with van der Waals surface area (Å²) in [5.74, 6) is 0. The Bertz CT molecular complexity index is 383. The maximum Gasteiger partial charge on any atom is 0.270 e. The molecule has 74 valence electrons. The molecule has 0 bridgehead atoms. The summed E-state index contributed by atoms with van der Waals surface area (Å²) in [5.41, 5.74) is 1.14. The van der Waals surface area contributed by atoms with Gasteiger partial charge in [0.2, 0.25) is 6.33 Å². The lowest BCUT2D eigenvalue weighted by Crippen LogP contribution is -3.00. The maximum absolute atomic E-state index is 4.19. The van der Waals surface area contributed by atoms with Gasteiger partial charge in [-0.2, -0.15) is 0 Å². The Kier molecular flexibility index (Phi) is 3.65. The Hall–Kier alpha value is -1.35. The van der Waals surface area contributed by atoms with Gasteiger partial charge < -0.3 is 12.4 Å². The first-order valence-corrected chi connectivity index (χ1v) is 4.39. The van der Waals surface area contributed by atoms with Crippen LogP contribution in [0, 0.1) is 0 Å². The topological polar surface area (TPSA) is 21.7 Å². The molecule has 0 fully saturated rings. The van der Waals surface area contributed by atoms with E-state index in [4.69, 9.17) is 0 Å². The lowest BCUT2D eigenvalue weighted by atomic mass is 10.3. The second-order valence-electron chi connectivity index (χ2n) is 2.84. The standard InChI is InChI=1S/C10H12N3.ClH/c1-2-13-9-12(8-11-13)10-6-4-3-5-7-10;/h3-9H,2H2,1H3;1H/q+1;/p-1. The molecule has 0 radical (unpaired) electrons. The third-order valence-corrected chi connectivity index (χ3v) is 1.96. The zero-order valence-corrected chi connectivity index (χ0v) is 8.72. The molecule has 0 aliphatic rings. The van der Waals surface area contributed by atoms with E-state index in [0.29, 0.717) is 0 Å². The van der Waals surface area contributed by atoms with Gasteiger partial charge in [0.05, 0.1) is 0 Å². The van der Waals surface area contributed by atoms with Crippen LogP contribution in [-0.2, 0) is 6.54 Å². The highest BCUT2D eigenvalue weighted by atomic mass is 35.5. The summed E-state index contributed by atoms with van der Waals surface area (Å²) < 4.78 is 3.90. The van der Waals surface area contributed by atoms with Crippen molar-refractivity contribution >= 4 is 0 Å². The Labute approximate surface area is 89.4 Å². The normalized spacial score (nSPS) is 9.50. The molecule has 14 heavy (non-hydrogen) atoms. The minimum Gasteiger partial charge on any atom is -1.00 e. The lowest BCUT2D eigenvalue weighted by molar-refractivity contribution is -0.596. The van der Waals surface area contributed by atoms with Crippen molar-refractivity contribution in [2.75, 3.05) is 0 Å². The predicted molar refractivity (Wildman–Crippen MR) is 49.4 cm³/mol. The SMILES string of the molecule is CCn1c[n+](-c2ccccc2)cn1.[Cl-]. The van der Waals surface area contributed by atoms with Crippen molar-refractivity contribution in [1.29, 1.82) is 0 Å². The molecule has 0 N–H and O–H groups in total. The van der Waals surface area contributed by atoms with Crippen molar-refractivity contribution < 1.29 is 17.0 Å². The number of benzene rings is 1. The van der Waals surface area contributed by atoms with Gasteiger partial charge in [0.25, 0.3) is 6.33 Å². The van der Waals surface area contributed by atoms with Gasteiger partial charge in [-0.05, 0) is 19.1 Å². The molecule has 0 saturated heterocycles. The summed E-state index contributed by atoms with van der Waals surface area (Å²) >= 11 is 0. The zero-order valence-electron chi connectivity index (χ0n) is 7.97. The molecule has 2 rings (SSSR count). The zero-order chi connectivity index (χ0) is 9.10. The van der Waals surface area contributed by atoms with Crippen molar-refractivity contribution in [1.82, 2.24) is 9.78 Å². The van der Waals surface area contributed by atoms with Crippen molar-refractivity contribution in [2.24, 2.45) is 0 Å². The van der Waals surface area contributed by atoms with E-state index in [1.54, 1.807) is 0 Å². The van der Waals surface area contributed by atoms with Gasteiger partial charge in [0, 0.05) is 5.10 Å². The van der Waals surface area contributed by atoms with Crippen LogP contribution in [-0.4, -0.2) is 9.78 Å². The molecular formula is C10H12ClN3. The second kappa shape index (κ2) is 4.77. The molecule has 2 aromatic rings. The molecule has 0 atom stereocenters. The van der Waals surface area contributed by atoms with E-state index in [9.17, 15) is 0 Å². The Balaban J connectivity index is 0.000000980. The predicted octanol–water partition coefficient (Wildman–Crippen LogP) is -1.82. The Morgan fingerprint density at radius 3 is 2.57 bits per heavy atom. The van der Waals surface area contributed by atoms with Crippen LogP contribution in [0.5, 0.6) is 0 Å². The second-order valence-corrected chi connectivity index (χ2v) is 2.84. The van der Waals surface area contributed by atoms with E-state index in [-0.39, 0.29) is 12.4 Å². The van der Waals surface area contributed by atoms with Gasteiger partial charge in [-0.15, -0.1) is 4.68 Å². The van der Waals surface area contributed by atoms with E-state index >= 15 is 0 Å². The Morgan fingerprint density at radius 1 is 1.29 bits per heavy atom. The van der Waals surface area contributed by atoms with Crippen molar-refractivity contribution in [2.45, 2.75) is 13.5 Å². The highest BCUT2D eigenvalue weighted by Crippen LogP contribution is 1.96. The van der Waals surface area contributed by atoms with Gasteiger partial charge >= 0.3 is 0 Å². The monoisotopic (exact) mass is 209 g/mol. The third-order valence-electron chi connectivity index (χ3n) is 1.96. The molecule has 0 unspecified atom stereocenters. The summed E-state index contributed by atoms with van der Waals surface area (Å²) in [4.78, 5) is 0. The molecule has 1 aromatic carbocycles. The van der Waals surface area contributed by atoms with E-state index in [1.165, 1.54) is 0 Å². The van der Waals surface area contributed by atoms with Crippen LogP contribution in [0.3, 0.4) is 0 Å². The van der Waals surface area contributed by atoms with E-state index < -0.39 is 0 Å². The number of rotatable bonds is 2. The molecule has 0 aliphatic carbocycles. The first kappa shape index (κ1) is 10.7. The maximum atomic E-state index is 4.19. The van der Waals surface area contributed by atoms with Gasteiger partial charge in [0.15, 0.2) is 0 Å². The molecule has 3 nitrogen and oxygen atoms in total. The van der Waals surface area contributed by atoms with Crippen LogP contribution < -0.4 is 17.0 Å². The molecule has 1 heterocycles. The number of aryl methyl sites for hydroxylation is 1. The fourth-order valence-electron chi connectivity index (χ4n) is 1.22. The molecule has 1 aromatic heterocycles. The average Bonchev–Trinajstić information content (AvgIpc) is 2.67. The van der Waals surface area contributed by atoms with Crippen LogP contribution in [0.4, 0.5) is 0 Å². The Morgan fingerprint density at radius 2 is 2.00 bits per heavy atom. The molecule has 0 amide bonds. The summed E-state index contributed by atoms with van der Waals surface area (Å²) in [5, 5.41) is 4.19. The van der Waals surface area contributed by atoms with Gasteiger partial charge in [-0.25, -0.2) is 4.57 Å². The first-order chi connectivity index (χ1) is 6.40. The van der Waals surface area contributed by atoms with Gasteiger partial charge in [0.1, 0.15) is 12.2 Å². The summed E-state index contributed by atoms with van der Waals surface area (Å²) in [6.07, 6.45) is 3.80.